The van der Waals surface area contributed by atoms with Crippen LogP contribution in [0.5, 0.6) is 0 Å². The number of rotatable bonds is 6. The van der Waals surface area contributed by atoms with E-state index in [1.54, 1.807) is 7.11 Å². The summed E-state index contributed by atoms with van der Waals surface area (Å²) < 4.78 is 7.07. The standard InChI is InChI=1S/C19H25N7O.HI/c1-3-21-19(22-11-15-6-4-14(10-20)5-7-15)23-16-8-9-18-24-17(13-27-2)25-26(18)12-16;/h4-7,16H,3,8-9,11-13H2,1-2H3,(H2,21,22,23);1H. The second-order valence-electron chi connectivity index (χ2n) is 6.44. The fourth-order valence-electron chi connectivity index (χ4n) is 3.04. The first kappa shape index (κ1) is 22.1. The SMILES string of the molecule is CCNC(=NCc1ccc(C#N)cc1)NC1CCc2nc(COC)nn2C1.I. The van der Waals surface area contributed by atoms with E-state index >= 15 is 0 Å². The van der Waals surface area contributed by atoms with Gasteiger partial charge in [-0.25, -0.2) is 14.7 Å². The molecule has 1 aromatic carbocycles. The van der Waals surface area contributed by atoms with E-state index in [2.05, 4.69) is 31.8 Å². The fraction of sp³-hybridized carbons (Fsp3) is 0.474. The van der Waals surface area contributed by atoms with Gasteiger partial charge in [-0.05, 0) is 31.0 Å². The number of nitrogens with one attached hydrogen (secondary N) is 2. The lowest BCUT2D eigenvalue weighted by molar-refractivity contribution is 0.177. The number of methoxy groups -OCH3 is 1. The molecule has 2 heterocycles. The van der Waals surface area contributed by atoms with Crippen LogP contribution in [0.3, 0.4) is 0 Å². The lowest BCUT2D eigenvalue weighted by Gasteiger charge is -2.25. The predicted octanol–water partition coefficient (Wildman–Crippen LogP) is 1.98. The Hall–Kier alpha value is -2.19. The first-order chi connectivity index (χ1) is 13.2. The third-order valence-electron chi connectivity index (χ3n) is 4.36. The lowest BCUT2D eigenvalue weighted by Crippen LogP contribution is -2.47. The average molecular weight is 495 g/mol. The van der Waals surface area contributed by atoms with Crippen molar-refractivity contribution in [1.82, 2.24) is 25.4 Å². The molecule has 1 aromatic heterocycles. The van der Waals surface area contributed by atoms with Crippen LogP contribution >= 0.6 is 24.0 Å². The minimum Gasteiger partial charge on any atom is -0.377 e. The van der Waals surface area contributed by atoms with Crippen LogP contribution in [0.2, 0.25) is 0 Å². The quantitative estimate of drug-likeness (QED) is 0.361. The van der Waals surface area contributed by atoms with Crippen LogP contribution in [0.1, 0.15) is 36.1 Å². The molecule has 1 aliphatic rings. The molecule has 0 saturated carbocycles. The average Bonchev–Trinajstić information content (AvgIpc) is 3.08. The molecule has 2 aromatic rings. The molecule has 1 unspecified atom stereocenters. The van der Waals surface area contributed by atoms with Crippen molar-refractivity contribution in [1.29, 1.82) is 5.26 Å². The Bertz CT molecular complexity index is 826. The fourth-order valence-corrected chi connectivity index (χ4v) is 3.04. The van der Waals surface area contributed by atoms with Gasteiger partial charge in [-0.1, -0.05) is 12.1 Å². The zero-order valence-corrected chi connectivity index (χ0v) is 18.5. The molecule has 0 bridgehead atoms. The number of aromatic nitrogens is 3. The Morgan fingerprint density at radius 1 is 1.39 bits per heavy atom. The number of nitriles is 1. The van der Waals surface area contributed by atoms with Crippen molar-refractivity contribution < 1.29 is 4.74 Å². The minimum atomic E-state index is 0. The Balaban J connectivity index is 0.00000280. The van der Waals surface area contributed by atoms with Crippen molar-refractivity contribution in [3.05, 3.63) is 47.0 Å². The van der Waals surface area contributed by atoms with Crippen molar-refractivity contribution in [3.63, 3.8) is 0 Å². The maximum atomic E-state index is 8.88. The molecule has 150 valence electrons. The highest BCUT2D eigenvalue weighted by Gasteiger charge is 2.22. The van der Waals surface area contributed by atoms with Crippen LogP contribution in [0, 0.1) is 11.3 Å². The largest absolute Gasteiger partial charge is 0.377 e. The van der Waals surface area contributed by atoms with E-state index in [0.29, 0.717) is 18.7 Å². The monoisotopic (exact) mass is 495 g/mol. The molecule has 0 spiro atoms. The van der Waals surface area contributed by atoms with Crippen LogP contribution in [0.25, 0.3) is 0 Å². The highest BCUT2D eigenvalue weighted by Crippen LogP contribution is 2.13. The van der Waals surface area contributed by atoms with Gasteiger partial charge in [0.25, 0.3) is 0 Å². The van der Waals surface area contributed by atoms with Crippen LogP contribution in [0.4, 0.5) is 0 Å². The third-order valence-corrected chi connectivity index (χ3v) is 4.36. The molecular weight excluding hydrogens is 469 g/mol. The Kier molecular flexibility index (Phi) is 8.66. The molecular formula is C19H26IN7O. The van der Waals surface area contributed by atoms with Crippen molar-refractivity contribution in [2.75, 3.05) is 13.7 Å². The summed E-state index contributed by atoms with van der Waals surface area (Å²) in [7, 11) is 1.65. The van der Waals surface area contributed by atoms with Crippen LogP contribution in [-0.2, 0) is 30.9 Å². The minimum absolute atomic E-state index is 0. The van der Waals surface area contributed by atoms with Gasteiger partial charge in [0.2, 0.25) is 0 Å². The summed E-state index contributed by atoms with van der Waals surface area (Å²) in [4.78, 5) is 9.18. The first-order valence-corrected chi connectivity index (χ1v) is 9.17. The van der Waals surface area contributed by atoms with E-state index in [4.69, 9.17) is 10.00 Å². The second-order valence-corrected chi connectivity index (χ2v) is 6.44. The maximum Gasteiger partial charge on any atom is 0.191 e. The molecule has 28 heavy (non-hydrogen) atoms. The van der Waals surface area contributed by atoms with Crippen LogP contribution < -0.4 is 10.6 Å². The van der Waals surface area contributed by atoms with Gasteiger partial charge in [-0.15, -0.1) is 24.0 Å². The van der Waals surface area contributed by atoms with Gasteiger partial charge in [0.05, 0.1) is 24.7 Å². The smallest absolute Gasteiger partial charge is 0.191 e. The molecule has 0 amide bonds. The lowest BCUT2D eigenvalue weighted by atomic mass is 10.1. The highest BCUT2D eigenvalue weighted by atomic mass is 127. The summed E-state index contributed by atoms with van der Waals surface area (Å²) in [6, 6.07) is 9.88. The maximum absolute atomic E-state index is 8.88. The van der Waals surface area contributed by atoms with Gasteiger partial charge < -0.3 is 15.4 Å². The Morgan fingerprint density at radius 2 is 2.18 bits per heavy atom. The molecule has 1 atom stereocenters. The molecule has 1 aliphatic heterocycles. The van der Waals surface area contributed by atoms with Crippen LogP contribution in [-0.4, -0.2) is 40.4 Å². The number of hydrogen-bond acceptors (Lipinski definition) is 5. The first-order valence-electron chi connectivity index (χ1n) is 9.17. The van der Waals surface area contributed by atoms with Gasteiger partial charge >= 0.3 is 0 Å². The molecule has 0 saturated heterocycles. The van der Waals surface area contributed by atoms with E-state index < -0.39 is 0 Å². The zero-order valence-electron chi connectivity index (χ0n) is 16.2. The summed E-state index contributed by atoms with van der Waals surface area (Å²) in [5.41, 5.74) is 1.73. The molecule has 0 radical (unpaired) electrons. The molecule has 2 N–H and O–H groups in total. The van der Waals surface area contributed by atoms with Gasteiger partial charge in [0.15, 0.2) is 11.8 Å². The molecule has 3 rings (SSSR count). The topological polar surface area (TPSA) is 100 Å². The van der Waals surface area contributed by atoms with E-state index in [1.165, 1.54) is 0 Å². The highest BCUT2D eigenvalue weighted by molar-refractivity contribution is 14.0. The number of fused-ring (bicyclic) bond motifs is 1. The molecule has 8 nitrogen and oxygen atoms in total. The van der Waals surface area contributed by atoms with Gasteiger partial charge in [0, 0.05) is 26.1 Å². The zero-order chi connectivity index (χ0) is 19.1. The van der Waals surface area contributed by atoms with E-state index in [9.17, 15) is 0 Å². The number of aryl methyl sites for hydroxylation is 1. The Labute approximate surface area is 182 Å². The van der Waals surface area contributed by atoms with Crippen LogP contribution in [0.15, 0.2) is 29.3 Å². The summed E-state index contributed by atoms with van der Waals surface area (Å²) >= 11 is 0. The number of guanidine groups is 1. The molecule has 0 aliphatic carbocycles. The van der Waals surface area contributed by atoms with E-state index in [1.807, 2.05) is 35.9 Å². The Morgan fingerprint density at radius 3 is 2.86 bits per heavy atom. The van der Waals surface area contributed by atoms with E-state index in [-0.39, 0.29) is 30.0 Å². The van der Waals surface area contributed by atoms with Gasteiger partial charge in [-0.3, -0.25) is 0 Å². The molecule has 0 fully saturated rings. The summed E-state index contributed by atoms with van der Waals surface area (Å²) in [5, 5.41) is 20.2. The third kappa shape index (κ3) is 5.90. The van der Waals surface area contributed by atoms with Crippen molar-refractivity contribution in [2.24, 2.45) is 4.99 Å². The summed E-state index contributed by atoms with van der Waals surface area (Å²) in [6.07, 6.45) is 1.86. The van der Waals surface area contributed by atoms with Gasteiger partial charge in [-0.2, -0.15) is 10.4 Å². The number of aliphatic imine (C=N–C) groups is 1. The summed E-state index contributed by atoms with van der Waals surface area (Å²) in [5.74, 6) is 2.53. The number of hydrogen-bond donors (Lipinski definition) is 2. The molecule has 9 heteroatoms. The van der Waals surface area contributed by atoms with Crippen molar-refractivity contribution in [2.45, 2.75) is 45.5 Å². The van der Waals surface area contributed by atoms with E-state index in [0.717, 1.165) is 49.1 Å². The number of benzene rings is 1. The normalized spacial score (nSPS) is 15.9. The van der Waals surface area contributed by atoms with Crippen molar-refractivity contribution >= 4 is 29.9 Å². The predicted molar refractivity (Wildman–Crippen MR) is 117 cm³/mol. The second kappa shape index (κ2) is 11.0. The number of nitrogens with zero attached hydrogens (tertiary/aromatic N) is 5. The number of ether oxygens (including phenoxy) is 1. The summed E-state index contributed by atoms with van der Waals surface area (Å²) in [6.45, 7) is 4.59. The van der Waals surface area contributed by atoms with Gasteiger partial charge in [0.1, 0.15) is 12.4 Å². The van der Waals surface area contributed by atoms with Crippen molar-refractivity contribution in [3.8, 4) is 6.07 Å². The number of halogens is 1.